The van der Waals surface area contributed by atoms with Crippen LogP contribution in [0.25, 0.3) is 11.3 Å². The van der Waals surface area contributed by atoms with Gasteiger partial charge in [0.05, 0.1) is 0 Å². The van der Waals surface area contributed by atoms with Crippen molar-refractivity contribution in [3.8, 4) is 11.3 Å². The van der Waals surface area contributed by atoms with E-state index in [1.165, 1.54) is 0 Å². The van der Waals surface area contributed by atoms with Crippen LogP contribution in [0.3, 0.4) is 0 Å². The largest absolute Gasteiger partial charge is 0.453 e. The summed E-state index contributed by atoms with van der Waals surface area (Å²) in [6, 6.07) is 11.1. The second-order valence-corrected chi connectivity index (χ2v) is 3.72. The van der Waals surface area contributed by atoms with Crippen molar-refractivity contribution < 1.29 is 4.42 Å². The highest BCUT2D eigenvalue weighted by molar-refractivity contribution is 6.30. The number of amidine groups is 1. The van der Waals surface area contributed by atoms with Crippen LogP contribution >= 0.6 is 11.6 Å². The van der Waals surface area contributed by atoms with Gasteiger partial charge in [-0.25, -0.2) is 0 Å². The van der Waals surface area contributed by atoms with E-state index < -0.39 is 0 Å². The Morgan fingerprint density at radius 3 is 2.81 bits per heavy atom. The molecule has 0 saturated carbocycles. The smallest absolute Gasteiger partial charge is 0.169 e. The fourth-order valence-corrected chi connectivity index (χ4v) is 1.57. The molecule has 0 bridgehead atoms. The van der Waals surface area contributed by atoms with Crippen molar-refractivity contribution in [2.24, 2.45) is 10.7 Å². The topological polar surface area (TPSA) is 51.5 Å². The van der Waals surface area contributed by atoms with Gasteiger partial charge in [0.1, 0.15) is 5.76 Å². The Morgan fingerprint density at radius 2 is 2.12 bits per heavy atom. The highest BCUT2D eigenvalue weighted by Crippen LogP contribution is 2.24. The van der Waals surface area contributed by atoms with Gasteiger partial charge in [-0.1, -0.05) is 23.7 Å². The molecule has 0 radical (unpaired) electrons. The number of rotatable bonds is 2. The molecule has 2 aromatic rings. The Labute approximate surface area is 98.6 Å². The third-order valence-corrected chi connectivity index (χ3v) is 2.44. The lowest BCUT2D eigenvalue weighted by atomic mass is 10.2. The predicted octanol–water partition coefficient (Wildman–Crippen LogP) is 2.94. The highest BCUT2D eigenvalue weighted by atomic mass is 35.5. The van der Waals surface area contributed by atoms with Gasteiger partial charge in [0.2, 0.25) is 0 Å². The predicted molar refractivity (Wildman–Crippen MR) is 65.8 cm³/mol. The Morgan fingerprint density at radius 1 is 1.31 bits per heavy atom. The Kier molecular flexibility index (Phi) is 2.97. The summed E-state index contributed by atoms with van der Waals surface area (Å²) in [6.07, 6.45) is 0. The minimum absolute atomic E-state index is 0.383. The van der Waals surface area contributed by atoms with Gasteiger partial charge in [0, 0.05) is 17.6 Å². The molecule has 0 aliphatic rings. The molecule has 1 aromatic carbocycles. The van der Waals surface area contributed by atoms with Gasteiger partial charge >= 0.3 is 0 Å². The zero-order valence-electron chi connectivity index (χ0n) is 8.77. The molecule has 3 nitrogen and oxygen atoms in total. The summed E-state index contributed by atoms with van der Waals surface area (Å²) in [7, 11) is 1.62. The van der Waals surface area contributed by atoms with Crippen LogP contribution in [0, 0.1) is 0 Å². The van der Waals surface area contributed by atoms with Crippen molar-refractivity contribution in [2.45, 2.75) is 0 Å². The first-order valence-corrected chi connectivity index (χ1v) is 5.17. The summed E-state index contributed by atoms with van der Waals surface area (Å²) in [5, 5.41) is 0.674. The van der Waals surface area contributed by atoms with Gasteiger partial charge in [-0.3, -0.25) is 4.99 Å². The fraction of sp³-hybridized carbons (Fsp3) is 0.0833. The maximum absolute atomic E-state index is 5.90. The van der Waals surface area contributed by atoms with E-state index in [4.69, 9.17) is 21.8 Å². The van der Waals surface area contributed by atoms with Crippen LogP contribution in [-0.2, 0) is 0 Å². The SMILES string of the molecule is CN=C(N)c1ccc(-c2cccc(Cl)c2)o1. The summed E-state index contributed by atoms with van der Waals surface area (Å²) in [5.41, 5.74) is 6.56. The van der Waals surface area contributed by atoms with Crippen LogP contribution < -0.4 is 5.73 Å². The molecule has 4 heteroatoms. The molecular formula is C12H11ClN2O. The second kappa shape index (κ2) is 4.41. The molecule has 0 spiro atoms. The molecule has 2 rings (SSSR count). The van der Waals surface area contributed by atoms with Gasteiger partial charge in [-0.2, -0.15) is 0 Å². The van der Waals surface area contributed by atoms with Crippen molar-refractivity contribution in [1.82, 2.24) is 0 Å². The van der Waals surface area contributed by atoms with Gasteiger partial charge in [0.15, 0.2) is 11.6 Å². The van der Waals surface area contributed by atoms with E-state index in [1.54, 1.807) is 13.1 Å². The van der Waals surface area contributed by atoms with Crippen molar-refractivity contribution in [2.75, 3.05) is 7.05 Å². The zero-order chi connectivity index (χ0) is 11.5. The Bertz CT molecular complexity index is 531. The van der Waals surface area contributed by atoms with E-state index in [0.29, 0.717) is 16.6 Å². The van der Waals surface area contributed by atoms with Crippen LogP contribution in [0.1, 0.15) is 5.76 Å². The van der Waals surface area contributed by atoms with Crippen molar-refractivity contribution >= 4 is 17.4 Å². The number of nitrogens with zero attached hydrogens (tertiary/aromatic N) is 1. The lowest BCUT2D eigenvalue weighted by Gasteiger charge is -1.97. The van der Waals surface area contributed by atoms with E-state index in [9.17, 15) is 0 Å². The molecular weight excluding hydrogens is 224 g/mol. The molecule has 1 aromatic heterocycles. The molecule has 0 unspecified atom stereocenters. The zero-order valence-corrected chi connectivity index (χ0v) is 9.53. The number of aliphatic imine (C=N–C) groups is 1. The Balaban J connectivity index is 2.39. The molecule has 0 atom stereocenters. The maximum atomic E-state index is 5.90. The molecule has 16 heavy (non-hydrogen) atoms. The molecule has 0 aliphatic heterocycles. The molecule has 0 saturated heterocycles. The van der Waals surface area contributed by atoms with Crippen molar-refractivity contribution in [3.63, 3.8) is 0 Å². The first kappa shape index (κ1) is 10.8. The van der Waals surface area contributed by atoms with Gasteiger partial charge in [-0.15, -0.1) is 0 Å². The van der Waals surface area contributed by atoms with Crippen molar-refractivity contribution in [1.29, 1.82) is 0 Å². The first-order valence-electron chi connectivity index (χ1n) is 4.79. The van der Waals surface area contributed by atoms with Gasteiger partial charge < -0.3 is 10.2 Å². The third kappa shape index (κ3) is 2.09. The molecule has 82 valence electrons. The van der Waals surface area contributed by atoms with Gasteiger partial charge in [0.25, 0.3) is 0 Å². The lowest BCUT2D eigenvalue weighted by molar-refractivity contribution is 0.571. The first-order chi connectivity index (χ1) is 7.70. The monoisotopic (exact) mass is 234 g/mol. The average molecular weight is 235 g/mol. The summed E-state index contributed by atoms with van der Waals surface area (Å²) in [4.78, 5) is 3.86. The van der Waals surface area contributed by atoms with E-state index in [-0.39, 0.29) is 0 Å². The molecule has 0 fully saturated rings. The highest BCUT2D eigenvalue weighted by Gasteiger charge is 2.07. The summed E-state index contributed by atoms with van der Waals surface area (Å²) in [5.74, 6) is 1.68. The third-order valence-electron chi connectivity index (χ3n) is 2.21. The molecule has 0 aliphatic carbocycles. The van der Waals surface area contributed by atoms with Crippen LogP contribution in [0.4, 0.5) is 0 Å². The van der Waals surface area contributed by atoms with E-state index in [0.717, 1.165) is 11.3 Å². The number of hydrogen-bond donors (Lipinski definition) is 1. The lowest BCUT2D eigenvalue weighted by Crippen LogP contribution is -2.11. The van der Waals surface area contributed by atoms with E-state index in [2.05, 4.69) is 4.99 Å². The number of benzene rings is 1. The van der Waals surface area contributed by atoms with Crippen molar-refractivity contribution in [3.05, 3.63) is 47.2 Å². The van der Waals surface area contributed by atoms with Gasteiger partial charge in [-0.05, 0) is 24.3 Å². The normalized spacial score (nSPS) is 11.8. The number of furan rings is 1. The van der Waals surface area contributed by atoms with E-state index >= 15 is 0 Å². The number of nitrogens with two attached hydrogens (primary N) is 1. The molecule has 2 N–H and O–H groups in total. The average Bonchev–Trinajstić information content (AvgIpc) is 2.77. The minimum Gasteiger partial charge on any atom is -0.453 e. The van der Waals surface area contributed by atoms with Crippen LogP contribution in [0.5, 0.6) is 0 Å². The van der Waals surface area contributed by atoms with Crippen LogP contribution in [-0.4, -0.2) is 12.9 Å². The summed E-state index contributed by atoms with van der Waals surface area (Å²) < 4.78 is 5.56. The standard InChI is InChI=1S/C12H11ClN2O/c1-15-12(14)11-6-5-10(16-11)8-3-2-4-9(13)7-8/h2-7H,1H3,(H2,14,15). The summed E-state index contributed by atoms with van der Waals surface area (Å²) >= 11 is 5.90. The van der Waals surface area contributed by atoms with Crippen LogP contribution in [0.2, 0.25) is 5.02 Å². The number of halogens is 1. The maximum Gasteiger partial charge on any atom is 0.169 e. The van der Waals surface area contributed by atoms with E-state index in [1.807, 2.05) is 30.3 Å². The number of hydrogen-bond acceptors (Lipinski definition) is 2. The van der Waals surface area contributed by atoms with Crippen LogP contribution in [0.15, 0.2) is 45.8 Å². The Hall–Kier alpha value is -1.74. The molecule has 1 heterocycles. The fourth-order valence-electron chi connectivity index (χ4n) is 1.38. The quantitative estimate of drug-likeness (QED) is 0.642. The summed E-state index contributed by atoms with van der Waals surface area (Å²) in [6.45, 7) is 0. The molecule has 0 amide bonds. The second-order valence-electron chi connectivity index (χ2n) is 3.28. The minimum atomic E-state index is 0.383.